The zero-order chi connectivity index (χ0) is 15.0. The molecule has 104 valence electrons. The van der Waals surface area contributed by atoms with E-state index in [0.29, 0.717) is 0 Å². The van der Waals surface area contributed by atoms with Gasteiger partial charge in [0.2, 0.25) is 5.78 Å². The summed E-state index contributed by atoms with van der Waals surface area (Å²) in [5.41, 5.74) is -0.435. The van der Waals surface area contributed by atoms with E-state index in [1.54, 1.807) is 0 Å². The Kier molecular flexibility index (Phi) is 3.65. The van der Waals surface area contributed by atoms with Crippen molar-refractivity contribution in [3.05, 3.63) is 45.4 Å². The van der Waals surface area contributed by atoms with Crippen LogP contribution < -0.4 is 0 Å². The number of phenols is 4. The van der Waals surface area contributed by atoms with Crippen molar-refractivity contribution < 1.29 is 25.2 Å². The van der Waals surface area contributed by atoms with Gasteiger partial charge in [-0.25, -0.2) is 0 Å². The summed E-state index contributed by atoms with van der Waals surface area (Å²) < 4.78 is 0. The van der Waals surface area contributed by atoms with Gasteiger partial charge in [0.05, 0.1) is 11.1 Å². The van der Waals surface area contributed by atoms with Gasteiger partial charge in [0.15, 0.2) is 0 Å². The maximum absolute atomic E-state index is 12.2. The maximum Gasteiger partial charge on any atom is 0.200 e. The van der Waals surface area contributed by atoms with Crippen LogP contribution in [0.2, 0.25) is 10.0 Å². The molecule has 0 atom stereocenters. The fourth-order valence-corrected chi connectivity index (χ4v) is 1.95. The summed E-state index contributed by atoms with van der Waals surface area (Å²) in [7, 11) is 0. The summed E-state index contributed by atoms with van der Waals surface area (Å²) in [5.74, 6) is -2.74. The quantitative estimate of drug-likeness (QED) is 0.639. The SMILES string of the molecule is O=C(c1ccc(O)c(Cl)c1O)c1ccc(O)c(Cl)c1O. The Hall–Kier alpha value is -2.11. The van der Waals surface area contributed by atoms with E-state index in [-0.39, 0.29) is 32.7 Å². The van der Waals surface area contributed by atoms with Crippen LogP contribution >= 0.6 is 23.2 Å². The molecule has 0 aliphatic carbocycles. The summed E-state index contributed by atoms with van der Waals surface area (Å²) in [5, 5.41) is 37.4. The minimum Gasteiger partial charge on any atom is -0.506 e. The Morgan fingerprint density at radius 1 is 0.750 bits per heavy atom. The molecule has 2 aromatic rings. The average molecular weight is 315 g/mol. The topological polar surface area (TPSA) is 98.0 Å². The van der Waals surface area contributed by atoms with E-state index in [1.807, 2.05) is 0 Å². The number of rotatable bonds is 2. The van der Waals surface area contributed by atoms with Crippen LogP contribution in [0, 0.1) is 0 Å². The Morgan fingerprint density at radius 2 is 1.10 bits per heavy atom. The monoisotopic (exact) mass is 314 g/mol. The number of benzene rings is 2. The molecule has 0 aliphatic rings. The van der Waals surface area contributed by atoms with Crippen molar-refractivity contribution in [3.8, 4) is 23.0 Å². The molecule has 0 unspecified atom stereocenters. The zero-order valence-electron chi connectivity index (χ0n) is 9.76. The molecule has 2 rings (SSSR count). The van der Waals surface area contributed by atoms with Crippen LogP contribution in [-0.2, 0) is 0 Å². The Bertz CT molecular complexity index is 653. The van der Waals surface area contributed by atoms with Gasteiger partial charge < -0.3 is 20.4 Å². The molecular formula is C13H8Cl2O5. The summed E-state index contributed by atoms with van der Waals surface area (Å²) in [6, 6.07) is 4.57. The van der Waals surface area contributed by atoms with E-state index in [4.69, 9.17) is 23.2 Å². The number of carbonyl (C=O) groups is 1. The number of aromatic hydroxyl groups is 4. The molecular weight excluding hydrogens is 307 g/mol. The number of phenolic OH excluding ortho intramolecular Hbond substituents is 4. The molecule has 0 spiro atoms. The van der Waals surface area contributed by atoms with E-state index in [2.05, 4.69) is 0 Å². The fourth-order valence-electron chi connectivity index (χ4n) is 1.62. The van der Waals surface area contributed by atoms with E-state index in [1.165, 1.54) is 0 Å². The predicted octanol–water partition coefficient (Wildman–Crippen LogP) is 3.05. The lowest BCUT2D eigenvalue weighted by atomic mass is 10.0. The number of halogens is 2. The highest BCUT2D eigenvalue weighted by Gasteiger charge is 2.22. The molecule has 2 aromatic carbocycles. The van der Waals surface area contributed by atoms with Crippen LogP contribution in [-0.4, -0.2) is 26.2 Å². The first-order valence-electron chi connectivity index (χ1n) is 5.30. The van der Waals surface area contributed by atoms with Gasteiger partial charge in [-0.2, -0.15) is 0 Å². The molecule has 0 amide bonds. The third-order valence-corrected chi connectivity index (χ3v) is 3.43. The number of hydrogen-bond acceptors (Lipinski definition) is 5. The lowest BCUT2D eigenvalue weighted by Gasteiger charge is -2.09. The third-order valence-electron chi connectivity index (χ3n) is 2.68. The van der Waals surface area contributed by atoms with Crippen molar-refractivity contribution in [1.29, 1.82) is 0 Å². The van der Waals surface area contributed by atoms with E-state index in [0.717, 1.165) is 24.3 Å². The number of carbonyl (C=O) groups excluding carboxylic acids is 1. The molecule has 20 heavy (non-hydrogen) atoms. The first kappa shape index (κ1) is 14.3. The van der Waals surface area contributed by atoms with Crippen LogP contribution in [0.25, 0.3) is 0 Å². The van der Waals surface area contributed by atoms with Gasteiger partial charge in [0.1, 0.15) is 33.0 Å². The minimum atomic E-state index is -0.760. The molecule has 0 saturated carbocycles. The largest absolute Gasteiger partial charge is 0.506 e. The predicted molar refractivity (Wildman–Crippen MR) is 73.0 cm³/mol. The molecule has 0 fully saturated rings. The first-order chi connectivity index (χ1) is 9.34. The van der Waals surface area contributed by atoms with Crippen molar-refractivity contribution in [2.75, 3.05) is 0 Å². The van der Waals surface area contributed by atoms with Gasteiger partial charge in [-0.3, -0.25) is 4.79 Å². The minimum absolute atomic E-state index is 0.218. The summed E-state index contributed by atoms with van der Waals surface area (Å²) in [6.45, 7) is 0. The van der Waals surface area contributed by atoms with Gasteiger partial charge in [0.25, 0.3) is 0 Å². The lowest BCUT2D eigenvalue weighted by Crippen LogP contribution is -2.02. The van der Waals surface area contributed by atoms with Crippen molar-refractivity contribution in [3.63, 3.8) is 0 Å². The highest BCUT2D eigenvalue weighted by atomic mass is 35.5. The zero-order valence-corrected chi connectivity index (χ0v) is 11.3. The molecule has 0 saturated heterocycles. The van der Waals surface area contributed by atoms with Crippen molar-refractivity contribution in [2.45, 2.75) is 0 Å². The number of hydrogen-bond donors (Lipinski definition) is 4. The second-order valence-corrected chi connectivity index (χ2v) is 4.67. The lowest BCUT2D eigenvalue weighted by molar-refractivity contribution is 0.103. The van der Waals surface area contributed by atoms with Gasteiger partial charge in [0, 0.05) is 0 Å². The molecule has 5 nitrogen and oxygen atoms in total. The molecule has 0 bridgehead atoms. The Labute approximate surface area is 123 Å². The molecule has 0 heterocycles. The fraction of sp³-hybridized carbons (Fsp3) is 0. The summed E-state index contributed by atoms with van der Waals surface area (Å²) in [6.07, 6.45) is 0. The van der Waals surface area contributed by atoms with Gasteiger partial charge >= 0.3 is 0 Å². The van der Waals surface area contributed by atoms with Crippen LogP contribution in [0.1, 0.15) is 15.9 Å². The standard InChI is InChI=1S/C13H8Cl2O5/c14-9-7(16)3-1-5(12(9)19)11(18)6-2-4-8(17)10(15)13(6)20/h1-4,16-17,19-20H. The Balaban J connectivity index is 2.58. The first-order valence-corrected chi connectivity index (χ1v) is 6.05. The number of ketones is 1. The smallest absolute Gasteiger partial charge is 0.200 e. The van der Waals surface area contributed by atoms with Crippen LogP contribution in [0.5, 0.6) is 23.0 Å². The van der Waals surface area contributed by atoms with Crippen molar-refractivity contribution in [1.82, 2.24) is 0 Å². The molecule has 0 radical (unpaired) electrons. The van der Waals surface area contributed by atoms with Gasteiger partial charge in [-0.1, -0.05) is 23.2 Å². The highest BCUT2D eigenvalue weighted by molar-refractivity contribution is 6.35. The normalized spacial score (nSPS) is 10.5. The van der Waals surface area contributed by atoms with E-state index in [9.17, 15) is 25.2 Å². The second kappa shape index (κ2) is 5.11. The van der Waals surface area contributed by atoms with E-state index >= 15 is 0 Å². The van der Waals surface area contributed by atoms with Gasteiger partial charge in [-0.15, -0.1) is 0 Å². The van der Waals surface area contributed by atoms with Crippen molar-refractivity contribution >= 4 is 29.0 Å². The summed E-state index contributed by atoms with van der Waals surface area (Å²) >= 11 is 11.3. The Morgan fingerprint density at radius 3 is 1.45 bits per heavy atom. The van der Waals surface area contributed by atoms with Crippen LogP contribution in [0.3, 0.4) is 0 Å². The van der Waals surface area contributed by atoms with Crippen molar-refractivity contribution in [2.24, 2.45) is 0 Å². The molecule has 7 heteroatoms. The van der Waals surface area contributed by atoms with Crippen LogP contribution in [0.15, 0.2) is 24.3 Å². The molecule has 4 N–H and O–H groups in total. The molecule has 0 aliphatic heterocycles. The summed E-state index contributed by atoms with van der Waals surface area (Å²) in [4.78, 5) is 12.2. The molecule has 0 aromatic heterocycles. The third kappa shape index (κ3) is 2.21. The maximum atomic E-state index is 12.2. The van der Waals surface area contributed by atoms with Crippen LogP contribution in [0.4, 0.5) is 0 Å². The van der Waals surface area contributed by atoms with E-state index < -0.39 is 17.3 Å². The second-order valence-electron chi connectivity index (χ2n) is 3.92. The highest BCUT2D eigenvalue weighted by Crippen LogP contribution is 2.40. The van der Waals surface area contributed by atoms with Gasteiger partial charge in [-0.05, 0) is 24.3 Å². The average Bonchev–Trinajstić information content (AvgIpc) is 2.42.